The first kappa shape index (κ1) is 28.2. The van der Waals surface area contributed by atoms with Crippen LogP contribution in [-0.2, 0) is 19.2 Å². The van der Waals surface area contributed by atoms with Crippen LogP contribution < -0.4 is 11.0 Å². The lowest BCUT2D eigenvalue weighted by molar-refractivity contribution is -0.151. The van der Waals surface area contributed by atoms with Crippen LogP contribution >= 0.6 is 23.5 Å². The molecule has 0 saturated carbocycles. The lowest BCUT2D eigenvalue weighted by Gasteiger charge is -2.50. The van der Waals surface area contributed by atoms with Gasteiger partial charge < -0.3 is 25.7 Å². The van der Waals surface area contributed by atoms with E-state index in [-0.39, 0.29) is 41.3 Å². The highest BCUT2D eigenvalue weighted by molar-refractivity contribution is 8.01. The Kier molecular flexibility index (Phi) is 7.74. The number of benzene rings is 1. The summed E-state index contributed by atoms with van der Waals surface area (Å²) in [7, 11) is 0. The summed E-state index contributed by atoms with van der Waals surface area (Å²) in [6, 6.07) is 7.29. The number of fused-ring (bicyclic) bond motifs is 2. The van der Waals surface area contributed by atoms with Crippen molar-refractivity contribution in [3.8, 4) is 5.75 Å². The maximum Gasteiger partial charge on any atom is 0.364 e. The number of phenols is 1. The molecule has 3 aromatic rings. The first-order chi connectivity index (χ1) is 19.5. The van der Waals surface area contributed by atoms with Crippen molar-refractivity contribution in [1.29, 1.82) is 0 Å². The van der Waals surface area contributed by atoms with Crippen molar-refractivity contribution in [3.63, 3.8) is 0 Å². The fourth-order valence-electron chi connectivity index (χ4n) is 4.48. The summed E-state index contributed by atoms with van der Waals surface area (Å²) >= 11 is 2.25. The van der Waals surface area contributed by atoms with Crippen LogP contribution in [-0.4, -0.2) is 91.3 Å². The highest BCUT2D eigenvalue weighted by Crippen LogP contribution is 2.44. The van der Waals surface area contributed by atoms with E-state index < -0.39 is 52.2 Å². The van der Waals surface area contributed by atoms with Crippen LogP contribution in [0.3, 0.4) is 0 Å². The van der Waals surface area contributed by atoms with Gasteiger partial charge in [0.25, 0.3) is 11.8 Å². The number of hydrogen-bond donors (Lipinski definition) is 6. The number of thioether (sulfide) groups is 2. The van der Waals surface area contributed by atoms with Gasteiger partial charge in [0, 0.05) is 17.4 Å². The quantitative estimate of drug-likeness (QED) is 0.132. The molecule has 17 heteroatoms. The third kappa shape index (κ3) is 5.50. The summed E-state index contributed by atoms with van der Waals surface area (Å²) in [6.07, 6.45) is -1.91. The molecule has 41 heavy (non-hydrogen) atoms. The fourth-order valence-corrected chi connectivity index (χ4v) is 7.15. The molecule has 2 aliphatic heterocycles. The Balaban J connectivity index is 1.39. The minimum Gasteiger partial charge on any atom is -0.508 e. The van der Waals surface area contributed by atoms with Gasteiger partial charge in [0.15, 0.2) is 11.8 Å². The summed E-state index contributed by atoms with van der Waals surface area (Å²) in [5.41, 5.74) is -0.142. The van der Waals surface area contributed by atoms with Crippen molar-refractivity contribution in [1.82, 2.24) is 30.0 Å². The zero-order valence-corrected chi connectivity index (χ0v) is 22.5. The molecule has 0 aliphatic carbocycles. The van der Waals surface area contributed by atoms with Gasteiger partial charge in [-0.3, -0.25) is 19.3 Å². The number of aromatic amines is 1. The van der Waals surface area contributed by atoms with Gasteiger partial charge in [-0.05, 0) is 41.8 Å². The smallest absolute Gasteiger partial charge is 0.364 e. The zero-order valence-electron chi connectivity index (χ0n) is 20.8. The van der Waals surface area contributed by atoms with Crippen molar-refractivity contribution >= 4 is 52.9 Å². The predicted octanol–water partition coefficient (Wildman–Crippen LogP) is -0.0791. The first-order valence-corrected chi connectivity index (χ1v) is 14.0. The number of carboxylic acid groups (broad SMARTS) is 2. The van der Waals surface area contributed by atoms with Crippen molar-refractivity contribution in [2.45, 2.75) is 40.6 Å². The summed E-state index contributed by atoms with van der Waals surface area (Å²) in [6.45, 7) is 0. The molecule has 3 unspecified atom stereocenters. The second-order valence-electron chi connectivity index (χ2n) is 9.08. The van der Waals surface area contributed by atoms with E-state index in [1.165, 1.54) is 42.1 Å². The van der Waals surface area contributed by atoms with Crippen LogP contribution in [0.5, 0.6) is 5.75 Å². The molecule has 2 amide bonds. The van der Waals surface area contributed by atoms with E-state index in [9.17, 15) is 44.4 Å². The van der Waals surface area contributed by atoms with E-state index in [0.717, 1.165) is 21.2 Å². The van der Waals surface area contributed by atoms with Crippen molar-refractivity contribution in [2.24, 2.45) is 0 Å². The Hall–Kier alpha value is -4.35. The number of aliphatic hydroxyl groups excluding tert-OH is 1. The summed E-state index contributed by atoms with van der Waals surface area (Å²) < 4.78 is 1.02. The largest absolute Gasteiger partial charge is 0.508 e. The molecule has 214 valence electrons. The normalized spacial score (nSPS) is 19.8. The third-order valence-electron chi connectivity index (χ3n) is 6.48. The molecule has 1 fully saturated rings. The Morgan fingerprint density at radius 3 is 2.56 bits per heavy atom. The monoisotopic (exact) mass is 602 g/mol. The van der Waals surface area contributed by atoms with E-state index in [2.05, 4.69) is 20.6 Å². The summed E-state index contributed by atoms with van der Waals surface area (Å²) in [5, 5.41) is 50.8. The molecular formula is C24H22N6O9S2. The number of aliphatic hydroxyl groups is 1. The Morgan fingerprint density at radius 1 is 1.15 bits per heavy atom. The maximum absolute atomic E-state index is 13.1. The van der Waals surface area contributed by atoms with Crippen LogP contribution in [0.4, 0.5) is 0 Å². The molecule has 6 N–H and O–H groups in total. The Morgan fingerprint density at radius 2 is 1.88 bits per heavy atom. The van der Waals surface area contributed by atoms with Gasteiger partial charge in [0.2, 0.25) is 0 Å². The number of aromatic hydroxyl groups is 1. The van der Waals surface area contributed by atoms with Crippen LogP contribution in [0.15, 0.2) is 57.5 Å². The topological polar surface area (TPSA) is 228 Å². The van der Waals surface area contributed by atoms with Gasteiger partial charge >= 0.3 is 17.6 Å². The molecule has 2 aromatic heterocycles. The number of nitrogens with zero attached hydrogens (tertiary/aromatic N) is 4. The molecule has 0 radical (unpaired) electrons. The Bertz CT molecular complexity index is 1640. The molecule has 4 atom stereocenters. The van der Waals surface area contributed by atoms with Crippen molar-refractivity contribution in [3.05, 3.63) is 63.7 Å². The van der Waals surface area contributed by atoms with E-state index in [1.807, 2.05) is 0 Å². The van der Waals surface area contributed by atoms with Crippen molar-refractivity contribution < 1.29 is 39.6 Å². The number of hydrogen-bond acceptors (Lipinski definition) is 11. The predicted molar refractivity (Wildman–Crippen MR) is 143 cm³/mol. The number of nitrogens with one attached hydrogen (secondary N) is 2. The van der Waals surface area contributed by atoms with Gasteiger partial charge in [-0.15, -0.1) is 11.8 Å². The molecule has 15 nitrogen and oxygen atoms in total. The van der Waals surface area contributed by atoms with Crippen LogP contribution in [0.25, 0.3) is 5.65 Å². The maximum atomic E-state index is 13.1. The van der Waals surface area contributed by atoms with E-state index in [0.29, 0.717) is 10.6 Å². The average Bonchev–Trinajstić information content (AvgIpc) is 3.32. The SMILES string of the molecule is O=C(O)CCC(Sc1ccc2n[nH]c(=O)n2n1)C1=C(C(=O)O)N2C(=O)C(NC(=O)C(O)c3ccc(O)cc3)[C@@H]2SC1. The molecular weight excluding hydrogens is 580 g/mol. The first-order valence-electron chi connectivity index (χ1n) is 12.1. The lowest BCUT2D eigenvalue weighted by Crippen LogP contribution is -2.71. The van der Waals surface area contributed by atoms with E-state index >= 15 is 0 Å². The number of amides is 2. The van der Waals surface area contributed by atoms with Gasteiger partial charge in [-0.25, -0.2) is 14.7 Å². The number of aromatic nitrogens is 4. The lowest BCUT2D eigenvalue weighted by atomic mass is 9.99. The van der Waals surface area contributed by atoms with Crippen LogP contribution in [0, 0.1) is 0 Å². The number of β-lactam (4-membered cyclic amide) rings is 1. The second-order valence-corrected chi connectivity index (χ2v) is 11.4. The number of phenolic OH excluding ortho intramolecular Hbond substituents is 1. The Labute approximate surface area is 238 Å². The molecule has 0 bridgehead atoms. The number of carboxylic acids is 2. The van der Waals surface area contributed by atoms with Gasteiger partial charge in [0.05, 0.1) is 0 Å². The molecule has 5 rings (SSSR count). The molecule has 2 aliphatic rings. The average molecular weight is 603 g/mol. The second kappa shape index (κ2) is 11.3. The van der Waals surface area contributed by atoms with Gasteiger partial charge in [-0.1, -0.05) is 23.9 Å². The number of carbonyl (C=O) groups excluding carboxylic acids is 2. The minimum atomic E-state index is -1.62. The number of H-pyrrole nitrogens is 1. The van der Waals surface area contributed by atoms with E-state index in [1.54, 1.807) is 6.07 Å². The van der Waals surface area contributed by atoms with Crippen LogP contribution in [0.2, 0.25) is 0 Å². The molecule has 4 heterocycles. The minimum absolute atomic E-state index is 0.0123. The molecule has 0 spiro atoms. The number of rotatable bonds is 10. The number of aliphatic carboxylic acids is 2. The molecule has 1 saturated heterocycles. The third-order valence-corrected chi connectivity index (χ3v) is 9.04. The van der Waals surface area contributed by atoms with Crippen molar-refractivity contribution in [2.75, 3.05) is 5.75 Å². The van der Waals surface area contributed by atoms with Gasteiger partial charge in [-0.2, -0.15) is 14.7 Å². The van der Waals surface area contributed by atoms with E-state index in [4.69, 9.17) is 0 Å². The standard InChI is InChI=1S/C24H22N6O9S2/c31-11-3-1-10(2-4-11)19(34)20(35)25-17-21(36)29-18(23(37)38)12(9-40-22(17)29)13(5-8-16(32)33)41-15-7-6-14-26-27-24(39)30(14)28-15/h1-4,6-7,13,17,19,22,31,34H,5,8-9H2,(H,25,35)(H,27,39)(H,32,33)(H,37,38)/t13?,17?,19?,22-/m0/s1. The molecule has 1 aromatic carbocycles. The zero-order chi connectivity index (χ0) is 29.4. The van der Waals surface area contributed by atoms with Crippen LogP contribution in [0.1, 0.15) is 24.5 Å². The van der Waals surface area contributed by atoms with Gasteiger partial charge in [0.1, 0.15) is 27.9 Å². The summed E-state index contributed by atoms with van der Waals surface area (Å²) in [5.74, 6) is -4.02. The highest BCUT2D eigenvalue weighted by atomic mass is 32.2. The summed E-state index contributed by atoms with van der Waals surface area (Å²) in [4.78, 5) is 62.6. The fraction of sp³-hybridized carbons (Fsp3) is 0.292. The highest BCUT2D eigenvalue weighted by Gasteiger charge is 2.55. The number of carbonyl (C=O) groups is 4.